The third-order valence-corrected chi connectivity index (χ3v) is 2.74. The highest BCUT2D eigenvalue weighted by Gasteiger charge is 2.11. The number of benzene rings is 1. The van der Waals surface area contributed by atoms with Gasteiger partial charge in [0.25, 0.3) is 5.91 Å². The van der Waals surface area contributed by atoms with Crippen LogP contribution < -0.4 is 0 Å². The number of hydrogen-bond acceptors (Lipinski definition) is 3. The predicted octanol–water partition coefficient (Wildman–Crippen LogP) is 2.06. The van der Waals surface area contributed by atoms with Crippen LogP contribution in [0.5, 0.6) is 0 Å². The minimum atomic E-state index is -0.345. The molecule has 0 N–H and O–H groups in total. The van der Waals surface area contributed by atoms with Gasteiger partial charge in [-0.1, -0.05) is 12.1 Å². The Hall–Kier alpha value is -1.55. The summed E-state index contributed by atoms with van der Waals surface area (Å²) in [5.74, 6) is -0.0258. The van der Waals surface area contributed by atoms with Crippen molar-refractivity contribution in [1.29, 1.82) is 0 Å². The summed E-state index contributed by atoms with van der Waals surface area (Å²) in [6.07, 6.45) is 0. The summed E-state index contributed by atoms with van der Waals surface area (Å²) < 4.78 is 4.78. The van der Waals surface area contributed by atoms with Crippen LogP contribution in [-0.4, -0.2) is 37.0 Å². The van der Waals surface area contributed by atoms with Gasteiger partial charge in [-0.15, -0.1) is 11.6 Å². The topological polar surface area (TPSA) is 46.6 Å². The van der Waals surface area contributed by atoms with Gasteiger partial charge in [-0.2, -0.15) is 0 Å². The van der Waals surface area contributed by atoms with Gasteiger partial charge in [0.15, 0.2) is 0 Å². The number of esters is 1. The van der Waals surface area contributed by atoms with Crippen molar-refractivity contribution < 1.29 is 14.3 Å². The first-order valence-electron chi connectivity index (χ1n) is 5.58. The van der Waals surface area contributed by atoms with Crippen LogP contribution in [0.1, 0.15) is 22.8 Å². The number of nitrogens with zero attached hydrogens (tertiary/aromatic N) is 1. The summed E-state index contributed by atoms with van der Waals surface area (Å²) in [4.78, 5) is 24.1. The zero-order valence-corrected chi connectivity index (χ0v) is 11.2. The molecule has 0 aliphatic heterocycles. The molecule has 18 heavy (non-hydrogen) atoms. The van der Waals surface area contributed by atoms with E-state index >= 15 is 0 Å². The van der Waals surface area contributed by atoms with Crippen LogP contribution in [0.25, 0.3) is 0 Å². The van der Waals surface area contributed by atoms with E-state index < -0.39 is 0 Å². The largest absolute Gasteiger partial charge is 0.464 e. The monoisotopic (exact) mass is 269 g/mol. The zero-order chi connectivity index (χ0) is 13.5. The summed E-state index contributed by atoms with van der Waals surface area (Å²) in [6, 6.07) is 7.12. The summed E-state index contributed by atoms with van der Waals surface area (Å²) in [7, 11) is 1.67. The summed E-state index contributed by atoms with van der Waals surface area (Å²) in [6.45, 7) is 1.92. The smallest absolute Gasteiger partial charge is 0.302 e. The minimum absolute atomic E-state index is 0.108. The molecule has 0 heterocycles. The van der Waals surface area contributed by atoms with Crippen molar-refractivity contribution in [3.8, 4) is 0 Å². The van der Waals surface area contributed by atoms with Gasteiger partial charge in [0.05, 0.1) is 6.54 Å². The average Bonchev–Trinajstić information content (AvgIpc) is 2.37. The number of carbonyl (C=O) groups excluding carboxylic acids is 2. The van der Waals surface area contributed by atoms with Gasteiger partial charge in [0.2, 0.25) is 0 Å². The Morgan fingerprint density at radius 1 is 1.28 bits per heavy atom. The van der Waals surface area contributed by atoms with Gasteiger partial charge >= 0.3 is 5.97 Å². The molecule has 0 fully saturated rings. The van der Waals surface area contributed by atoms with E-state index in [4.69, 9.17) is 16.3 Å². The first-order chi connectivity index (χ1) is 8.54. The fraction of sp³-hybridized carbons (Fsp3) is 0.385. The van der Waals surface area contributed by atoms with Gasteiger partial charge in [-0.3, -0.25) is 9.59 Å². The molecule has 0 saturated carbocycles. The fourth-order valence-electron chi connectivity index (χ4n) is 1.38. The molecule has 1 aromatic carbocycles. The van der Waals surface area contributed by atoms with Crippen LogP contribution in [0.15, 0.2) is 24.3 Å². The maximum Gasteiger partial charge on any atom is 0.302 e. The van der Waals surface area contributed by atoms with Crippen LogP contribution in [0, 0.1) is 0 Å². The van der Waals surface area contributed by atoms with E-state index in [1.807, 2.05) is 12.1 Å². The number of likely N-dealkylation sites (N-methyl/N-ethyl adjacent to an activating group) is 1. The Bertz CT molecular complexity index is 417. The molecule has 5 heteroatoms. The molecule has 4 nitrogen and oxygen atoms in total. The molecule has 1 aromatic rings. The van der Waals surface area contributed by atoms with E-state index in [9.17, 15) is 9.59 Å². The lowest BCUT2D eigenvalue weighted by Gasteiger charge is -2.17. The van der Waals surface area contributed by atoms with Gasteiger partial charge in [0, 0.05) is 25.4 Å². The number of halogens is 1. The van der Waals surface area contributed by atoms with Crippen molar-refractivity contribution in [2.45, 2.75) is 12.8 Å². The predicted molar refractivity (Wildman–Crippen MR) is 69.6 cm³/mol. The number of hydrogen-bond donors (Lipinski definition) is 0. The van der Waals surface area contributed by atoms with Gasteiger partial charge in [-0.05, 0) is 17.7 Å². The van der Waals surface area contributed by atoms with Crippen molar-refractivity contribution in [3.63, 3.8) is 0 Å². The highest BCUT2D eigenvalue weighted by atomic mass is 35.5. The van der Waals surface area contributed by atoms with E-state index in [2.05, 4.69) is 0 Å². The minimum Gasteiger partial charge on any atom is -0.464 e. The zero-order valence-electron chi connectivity index (χ0n) is 10.5. The number of alkyl halides is 1. The molecule has 1 rings (SSSR count). The molecule has 0 aliphatic rings. The standard InChI is InChI=1S/C13H16ClNO3/c1-10(16)18-8-7-15(2)13(17)12-5-3-11(9-14)4-6-12/h3-6H,7-9H2,1-2H3. The van der Waals surface area contributed by atoms with Crippen molar-refractivity contribution in [2.75, 3.05) is 20.2 Å². The molecule has 0 radical (unpaired) electrons. The van der Waals surface area contributed by atoms with E-state index in [1.165, 1.54) is 11.8 Å². The van der Waals surface area contributed by atoms with Crippen molar-refractivity contribution in [1.82, 2.24) is 4.90 Å². The Morgan fingerprint density at radius 2 is 1.89 bits per heavy atom. The van der Waals surface area contributed by atoms with Crippen LogP contribution in [0.2, 0.25) is 0 Å². The number of amides is 1. The Morgan fingerprint density at radius 3 is 2.39 bits per heavy atom. The fourth-order valence-corrected chi connectivity index (χ4v) is 1.56. The molecular formula is C13H16ClNO3. The lowest BCUT2D eigenvalue weighted by molar-refractivity contribution is -0.141. The third-order valence-electron chi connectivity index (χ3n) is 2.43. The van der Waals surface area contributed by atoms with Gasteiger partial charge in [-0.25, -0.2) is 0 Å². The summed E-state index contributed by atoms with van der Waals surface area (Å²) >= 11 is 5.68. The van der Waals surface area contributed by atoms with Gasteiger partial charge < -0.3 is 9.64 Å². The van der Waals surface area contributed by atoms with Crippen molar-refractivity contribution in [3.05, 3.63) is 35.4 Å². The van der Waals surface area contributed by atoms with E-state index in [-0.39, 0.29) is 18.5 Å². The molecule has 0 bridgehead atoms. The van der Waals surface area contributed by atoms with Crippen molar-refractivity contribution >= 4 is 23.5 Å². The second kappa shape index (κ2) is 7.01. The molecule has 0 aliphatic carbocycles. The van der Waals surface area contributed by atoms with Crippen LogP contribution in [-0.2, 0) is 15.4 Å². The van der Waals surface area contributed by atoms with Crippen LogP contribution in [0.4, 0.5) is 0 Å². The second-order valence-corrected chi connectivity index (χ2v) is 4.16. The van der Waals surface area contributed by atoms with Crippen LogP contribution in [0.3, 0.4) is 0 Å². The maximum absolute atomic E-state index is 12.0. The molecule has 0 unspecified atom stereocenters. The molecule has 0 saturated heterocycles. The average molecular weight is 270 g/mol. The van der Waals surface area contributed by atoms with Gasteiger partial charge in [0.1, 0.15) is 6.61 Å². The second-order valence-electron chi connectivity index (χ2n) is 3.90. The van der Waals surface area contributed by atoms with E-state index in [0.717, 1.165) is 5.56 Å². The highest BCUT2D eigenvalue weighted by molar-refractivity contribution is 6.17. The number of ether oxygens (including phenoxy) is 1. The molecule has 98 valence electrons. The molecule has 0 spiro atoms. The lowest BCUT2D eigenvalue weighted by Crippen LogP contribution is -2.30. The quantitative estimate of drug-likeness (QED) is 0.607. The molecule has 0 atom stereocenters. The van der Waals surface area contributed by atoms with Crippen LogP contribution >= 0.6 is 11.6 Å². The van der Waals surface area contributed by atoms with E-state index in [1.54, 1.807) is 19.2 Å². The highest BCUT2D eigenvalue weighted by Crippen LogP contribution is 2.08. The normalized spacial score (nSPS) is 9.94. The first-order valence-corrected chi connectivity index (χ1v) is 6.11. The third kappa shape index (κ3) is 4.37. The molecule has 1 amide bonds. The van der Waals surface area contributed by atoms with Crippen molar-refractivity contribution in [2.24, 2.45) is 0 Å². The number of carbonyl (C=O) groups is 2. The number of rotatable bonds is 5. The summed E-state index contributed by atoms with van der Waals surface area (Å²) in [5, 5.41) is 0. The lowest BCUT2D eigenvalue weighted by atomic mass is 10.1. The Kier molecular flexibility index (Phi) is 5.65. The van der Waals surface area contributed by atoms with E-state index in [0.29, 0.717) is 18.0 Å². The SMILES string of the molecule is CC(=O)OCCN(C)C(=O)c1ccc(CCl)cc1. The first kappa shape index (κ1) is 14.5. The Labute approximate surface area is 111 Å². The Balaban J connectivity index is 2.54. The molecule has 0 aromatic heterocycles. The molecular weight excluding hydrogens is 254 g/mol. The maximum atomic E-state index is 12.0. The summed E-state index contributed by atoms with van der Waals surface area (Å²) in [5.41, 5.74) is 1.56.